The first-order chi connectivity index (χ1) is 21.4. The number of benzene rings is 3. The van der Waals surface area contributed by atoms with Gasteiger partial charge < -0.3 is 9.47 Å². The lowest BCUT2D eigenvalue weighted by Gasteiger charge is -2.30. The summed E-state index contributed by atoms with van der Waals surface area (Å²) in [6.07, 6.45) is 1.17. The Kier molecular flexibility index (Phi) is 12.1. The summed E-state index contributed by atoms with van der Waals surface area (Å²) >= 11 is 0. The normalized spacial score (nSPS) is 15.5. The third-order valence-corrected chi connectivity index (χ3v) is 11.2. The average molecular weight is 632 g/mol. The Morgan fingerprint density at radius 2 is 1.09 bits per heavy atom. The molecule has 0 fully saturated rings. The number of hydrogen-bond donors (Lipinski definition) is 0. The predicted octanol–water partition coefficient (Wildman–Crippen LogP) is 7.77. The highest BCUT2D eigenvalue weighted by Crippen LogP contribution is 2.41. The molecule has 7 nitrogen and oxygen atoms in total. The van der Waals surface area contributed by atoms with Gasteiger partial charge in [-0.15, -0.1) is 0 Å². The molecule has 0 saturated carbocycles. The number of nitrogens with zero attached hydrogens (tertiary/aromatic N) is 1. The molecule has 45 heavy (non-hydrogen) atoms. The zero-order chi connectivity index (χ0) is 33.1. The van der Waals surface area contributed by atoms with E-state index >= 15 is 0 Å². The summed E-state index contributed by atoms with van der Waals surface area (Å²) in [4.78, 5) is 28.6. The molecule has 2 atom stereocenters. The highest BCUT2D eigenvalue weighted by Gasteiger charge is 2.52. The molecule has 0 bridgehead atoms. The Morgan fingerprint density at radius 1 is 0.689 bits per heavy atom. The maximum Gasteiger partial charge on any atom is 0.333 e. The van der Waals surface area contributed by atoms with E-state index in [0.717, 1.165) is 16.7 Å². The number of sulfone groups is 1. The topological polar surface area (TPSA) is 91.1 Å². The lowest BCUT2D eigenvalue weighted by Crippen LogP contribution is -2.39. The van der Waals surface area contributed by atoms with Crippen LogP contribution in [-0.2, 0) is 39.7 Å². The van der Waals surface area contributed by atoms with Crippen molar-refractivity contribution >= 4 is 21.8 Å². The van der Waals surface area contributed by atoms with Gasteiger partial charge in [0.2, 0.25) is 0 Å². The molecular formula is C37H45NO6S. The van der Waals surface area contributed by atoms with Crippen LogP contribution in [0.4, 0.5) is 0 Å². The molecule has 2 unspecified atom stereocenters. The van der Waals surface area contributed by atoms with Crippen molar-refractivity contribution in [2.24, 2.45) is 0 Å². The van der Waals surface area contributed by atoms with E-state index < -0.39 is 25.5 Å². The molecule has 0 aliphatic rings. The Morgan fingerprint density at radius 3 is 1.44 bits per heavy atom. The number of hydrogen-bond acceptors (Lipinski definition) is 6. The van der Waals surface area contributed by atoms with Crippen LogP contribution in [0.25, 0.3) is 4.85 Å². The Balaban J connectivity index is 1.98. The highest BCUT2D eigenvalue weighted by molar-refractivity contribution is 7.93. The van der Waals surface area contributed by atoms with Crippen molar-refractivity contribution < 1.29 is 27.5 Å². The Hall–Kier alpha value is -3.96. The summed E-state index contributed by atoms with van der Waals surface area (Å²) < 4.78 is 39.5. The molecule has 0 N–H and O–H groups in total. The molecule has 0 amide bonds. The fourth-order valence-corrected chi connectivity index (χ4v) is 7.74. The number of esters is 2. The van der Waals surface area contributed by atoms with Gasteiger partial charge in [-0.2, -0.15) is 0 Å². The summed E-state index contributed by atoms with van der Waals surface area (Å²) in [5.41, 5.74) is 0.407. The summed E-state index contributed by atoms with van der Waals surface area (Å²) in [7, 11) is -4.14. The predicted molar refractivity (Wildman–Crippen MR) is 176 cm³/mol. The van der Waals surface area contributed by atoms with E-state index in [2.05, 4.69) is 4.85 Å². The Labute approximate surface area is 268 Å². The second-order valence-corrected chi connectivity index (χ2v) is 14.2. The first-order valence-corrected chi connectivity index (χ1v) is 17.0. The second-order valence-electron chi connectivity index (χ2n) is 11.9. The van der Waals surface area contributed by atoms with Crippen LogP contribution in [0.1, 0.15) is 82.9 Å². The van der Waals surface area contributed by atoms with E-state index in [-0.39, 0.29) is 55.7 Å². The molecule has 0 spiro atoms. The van der Waals surface area contributed by atoms with Gasteiger partial charge in [0.15, 0.2) is 0 Å². The van der Waals surface area contributed by atoms with Gasteiger partial charge in [-0.05, 0) is 83.6 Å². The molecule has 3 rings (SSSR count). The molecule has 0 heterocycles. The van der Waals surface area contributed by atoms with Gasteiger partial charge in [0.1, 0.15) is 0 Å². The van der Waals surface area contributed by atoms with Crippen LogP contribution in [0.3, 0.4) is 0 Å². The minimum absolute atomic E-state index is 0.00992. The monoisotopic (exact) mass is 631 g/mol. The summed E-state index contributed by atoms with van der Waals surface area (Å²) in [5, 5.41) is 0. The standard InChI is InChI=1S/C37H45NO6S/c1-7-43-33(39)35(4,30-17-11-9-12-18-30)25-15-27-37(38-6,45(41,42)32-23-21-29(3)22-24-32)28-16-26-36(5,34(40)44-8-2)31-19-13-10-14-20-31/h9-14,17-24H,7-8,15-16,25-28H2,1-5H3. The van der Waals surface area contributed by atoms with E-state index in [1.165, 1.54) is 0 Å². The largest absolute Gasteiger partial charge is 0.465 e. The van der Waals surface area contributed by atoms with Crippen LogP contribution < -0.4 is 0 Å². The van der Waals surface area contributed by atoms with Crippen molar-refractivity contribution in [1.29, 1.82) is 0 Å². The maximum absolute atomic E-state index is 14.3. The lowest BCUT2D eigenvalue weighted by molar-refractivity contribution is -0.150. The van der Waals surface area contributed by atoms with Crippen LogP contribution in [-0.4, -0.2) is 38.4 Å². The second kappa shape index (κ2) is 15.4. The van der Waals surface area contributed by atoms with Gasteiger partial charge in [-0.3, -0.25) is 14.4 Å². The Bertz CT molecular complexity index is 1490. The zero-order valence-corrected chi connectivity index (χ0v) is 27.9. The summed E-state index contributed by atoms with van der Waals surface area (Å²) in [5.74, 6) is -0.780. The lowest BCUT2D eigenvalue weighted by atomic mass is 9.76. The van der Waals surface area contributed by atoms with Crippen LogP contribution in [0, 0.1) is 13.5 Å². The molecule has 0 aliphatic heterocycles. The van der Waals surface area contributed by atoms with Gasteiger partial charge in [0.05, 0.1) is 28.9 Å². The van der Waals surface area contributed by atoms with Gasteiger partial charge in [-0.1, -0.05) is 78.4 Å². The van der Waals surface area contributed by atoms with E-state index in [4.69, 9.17) is 16.0 Å². The van der Waals surface area contributed by atoms with Crippen molar-refractivity contribution in [3.8, 4) is 0 Å². The molecule has 0 aromatic heterocycles. The number of carbonyl (C=O) groups is 2. The molecule has 0 radical (unpaired) electrons. The summed E-state index contributed by atoms with van der Waals surface area (Å²) in [6.45, 7) is 17.7. The van der Waals surface area contributed by atoms with Crippen molar-refractivity contribution in [3.05, 3.63) is 113 Å². The quantitative estimate of drug-likeness (QED) is 0.119. The van der Waals surface area contributed by atoms with Crippen molar-refractivity contribution in [3.63, 3.8) is 0 Å². The summed E-state index contributed by atoms with van der Waals surface area (Å²) in [6, 6.07) is 25.1. The molecule has 3 aromatic rings. The van der Waals surface area contributed by atoms with Gasteiger partial charge in [0, 0.05) is 12.8 Å². The smallest absolute Gasteiger partial charge is 0.333 e. The maximum atomic E-state index is 14.3. The minimum atomic E-state index is -4.14. The number of carbonyl (C=O) groups excluding carboxylic acids is 2. The molecular weight excluding hydrogens is 586 g/mol. The van der Waals surface area contributed by atoms with E-state index in [0.29, 0.717) is 12.8 Å². The third kappa shape index (κ3) is 7.83. The van der Waals surface area contributed by atoms with Crippen molar-refractivity contribution in [2.75, 3.05) is 13.2 Å². The van der Waals surface area contributed by atoms with E-state index in [1.54, 1.807) is 52.0 Å². The highest BCUT2D eigenvalue weighted by atomic mass is 32.2. The fraction of sp³-hybridized carbons (Fsp3) is 0.432. The number of aryl methyl sites for hydroxylation is 1. The molecule has 0 aliphatic carbocycles. The average Bonchev–Trinajstić information content (AvgIpc) is 3.05. The molecule has 0 saturated heterocycles. The number of ether oxygens (including phenoxy) is 2. The number of rotatable bonds is 16. The van der Waals surface area contributed by atoms with Crippen LogP contribution >= 0.6 is 0 Å². The van der Waals surface area contributed by atoms with Crippen LogP contribution in [0.15, 0.2) is 89.8 Å². The first-order valence-electron chi connectivity index (χ1n) is 15.6. The molecule has 240 valence electrons. The van der Waals surface area contributed by atoms with E-state index in [1.807, 2.05) is 67.6 Å². The SMILES string of the molecule is [C-]#[N+]C(CCCC(C)(C(=O)OCC)c1ccccc1)(CCCC(C)(C(=O)OCC)c1ccccc1)S(=O)(=O)c1ccc(C)cc1. The van der Waals surface area contributed by atoms with Gasteiger partial charge in [0.25, 0.3) is 9.84 Å². The van der Waals surface area contributed by atoms with Crippen molar-refractivity contribution in [1.82, 2.24) is 0 Å². The zero-order valence-electron chi connectivity index (χ0n) is 27.0. The van der Waals surface area contributed by atoms with Crippen molar-refractivity contribution in [2.45, 2.75) is 93.7 Å². The van der Waals surface area contributed by atoms with Gasteiger partial charge >= 0.3 is 16.8 Å². The third-order valence-electron chi connectivity index (χ3n) is 8.80. The van der Waals surface area contributed by atoms with E-state index in [9.17, 15) is 18.0 Å². The van der Waals surface area contributed by atoms with Gasteiger partial charge in [-0.25, -0.2) is 15.0 Å². The molecule has 8 heteroatoms. The van der Waals surface area contributed by atoms with Crippen LogP contribution in [0.5, 0.6) is 0 Å². The fourth-order valence-electron chi connectivity index (χ4n) is 5.86. The van der Waals surface area contributed by atoms with Crippen LogP contribution in [0.2, 0.25) is 0 Å². The molecule has 3 aromatic carbocycles. The minimum Gasteiger partial charge on any atom is -0.465 e. The first kappa shape index (κ1) is 35.5.